The smallest absolute Gasteiger partial charge is 0.174 e. The van der Waals surface area contributed by atoms with Crippen LogP contribution >= 0.6 is 12.2 Å². The molecule has 2 saturated heterocycles. The lowest BCUT2D eigenvalue weighted by atomic mass is 10.0. The summed E-state index contributed by atoms with van der Waals surface area (Å²) >= 11 is 5.84. The van der Waals surface area contributed by atoms with Crippen LogP contribution in [0.4, 0.5) is 5.69 Å². The van der Waals surface area contributed by atoms with E-state index in [1.807, 2.05) is 48.7 Å². The second-order valence-electron chi connectivity index (χ2n) is 7.89. The van der Waals surface area contributed by atoms with Crippen LogP contribution in [-0.2, 0) is 11.3 Å². The molecule has 0 amide bonds. The molecule has 2 aliphatic rings. The minimum atomic E-state index is -0.0863. The molecule has 2 aromatic heterocycles. The van der Waals surface area contributed by atoms with Gasteiger partial charge in [0, 0.05) is 31.2 Å². The van der Waals surface area contributed by atoms with Gasteiger partial charge in [0.1, 0.15) is 11.8 Å². The van der Waals surface area contributed by atoms with Gasteiger partial charge in [0.2, 0.25) is 0 Å². The summed E-state index contributed by atoms with van der Waals surface area (Å²) < 4.78 is 13.9. The second kappa shape index (κ2) is 8.69. The van der Waals surface area contributed by atoms with Crippen LogP contribution in [0, 0.1) is 0 Å². The minimum Gasteiger partial charge on any atom is -0.495 e. The molecule has 1 aromatic carbocycles. The van der Waals surface area contributed by atoms with E-state index in [1.54, 1.807) is 7.11 Å². The molecule has 3 unspecified atom stereocenters. The summed E-state index contributed by atoms with van der Waals surface area (Å²) in [6.45, 7) is 1.68. The fourth-order valence-corrected chi connectivity index (χ4v) is 4.95. The van der Waals surface area contributed by atoms with Crippen molar-refractivity contribution in [3.63, 3.8) is 0 Å². The monoisotopic (exact) mass is 434 g/mol. The van der Waals surface area contributed by atoms with Gasteiger partial charge in [0.15, 0.2) is 5.11 Å². The van der Waals surface area contributed by atoms with Crippen molar-refractivity contribution >= 4 is 23.0 Å². The number of nitrogens with one attached hydrogen (secondary N) is 1. The predicted molar refractivity (Wildman–Crippen MR) is 124 cm³/mol. The number of rotatable bonds is 6. The van der Waals surface area contributed by atoms with Gasteiger partial charge in [-0.15, -0.1) is 0 Å². The lowest BCUT2D eigenvalue weighted by Gasteiger charge is -2.30. The molecule has 0 radical (unpaired) electrons. The van der Waals surface area contributed by atoms with Gasteiger partial charge in [0.05, 0.1) is 30.6 Å². The molecule has 0 bridgehead atoms. The Morgan fingerprint density at radius 1 is 1.16 bits per heavy atom. The number of nitrogens with zero attached hydrogens (tertiary/aromatic N) is 3. The highest BCUT2D eigenvalue weighted by Gasteiger charge is 2.43. The zero-order chi connectivity index (χ0) is 21.2. The van der Waals surface area contributed by atoms with Gasteiger partial charge in [-0.1, -0.05) is 18.2 Å². The Bertz CT molecular complexity index is 1050. The molecule has 0 aliphatic carbocycles. The van der Waals surface area contributed by atoms with Gasteiger partial charge in [-0.25, -0.2) is 0 Å². The molecule has 5 rings (SSSR count). The van der Waals surface area contributed by atoms with E-state index in [0.717, 1.165) is 43.1 Å². The van der Waals surface area contributed by atoms with Crippen molar-refractivity contribution in [1.29, 1.82) is 0 Å². The Morgan fingerprint density at radius 2 is 2.03 bits per heavy atom. The summed E-state index contributed by atoms with van der Waals surface area (Å²) in [5, 5.41) is 4.19. The number of hydrogen-bond donors (Lipinski definition) is 1. The number of methoxy groups -OCH3 is 1. The molecule has 0 saturated carbocycles. The number of anilines is 1. The van der Waals surface area contributed by atoms with Gasteiger partial charge in [-0.05, 0) is 61.5 Å². The fraction of sp³-hybridized carbons (Fsp3) is 0.333. The van der Waals surface area contributed by atoms with Crippen LogP contribution in [0.5, 0.6) is 5.75 Å². The molecule has 31 heavy (non-hydrogen) atoms. The Labute approximate surface area is 187 Å². The minimum absolute atomic E-state index is 0.0740. The maximum atomic E-state index is 5.92. The normalized spacial score (nSPS) is 23.2. The van der Waals surface area contributed by atoms with E-state index >= 15 is 0 Å². The maximum Gasteiger partial charge on any atom is 0.174 e. The highest BCUT2D eigenvalue weighted by molar-refractivity contribution is 7.80. The molecular formula is C24H26N4O2S. The summed E-state index contributed by atoms with van der Waals surface area (Å²) in [5.74, 6) is 0.788. The highest BCUT2D eigenvalue weighted by Crippen LogP contribution is 2.44. The summed E-state index contributed by atoms with van der Waals surface area (Å²) in [6, 6.07) is 18.1. The first kappa shape index (κ1) is 20.0. The van der Waals surface area contributed by atoms with E-state index in [0.29, 0.717) is 5.11 Å². The predicted octanol–water partition coefficient (Wildman–Crippen LogP) is 4.25. The van der Waals surface area contributed by atoms with Crippen molar-refractivity contribution < 1.29 is 9.47 Å². The van der Waals surface area contributed by atoms with Crippen molar-refractivity contribution in [3.05, 3.63) is 78.4 Å². The van der Waals surface area contributed by atoms with E-state index in [4.69, 9.17) is 21.7 Å². The molecule has 2 aliphatic heterocycles. The van der Waals surface area contributed by atoms with Gasteiger partial charge in [-0.3, -0.25) is 4.98 Å². The highest BCUT2D eigenvalue weighted by atomic mass is 32.1. The van der Waals surface area contributed by atoms with Crippen LogP contribution in [-0.4, -0.2) is 34.5 Å². The zero-order valence-electron chi connectivity index (χ0n) is 17.5. The molecule has 6 nitrogen and oxygen atoms in total. The number of aromatic nitrogens is 2. The van der Waals surface area contributed by atoms with Crippen molar-refractivity contribution in [2.24, 2.45) is 0 Å². The van der Waals surface area contributed by atoms with E-state index in [-0.39, 0.29) is 18.2 Å². The first-order valence-corrected chi connectivity index (χ1v) is 11.1. The van der Waals surface area contributed by atoms with Crippen molar-refractivity contribution in [1.82, 2.24) is 14.9 Å². The Balaban J connectivity index is 1.60. The van der Waals surface area contributed by atoms with E-state index < -0.39 is 0 Å². The van der Waals surface area contributed by atoms with Gasteiger partial charge in [-0.2, -0.15) is 0 Å². The molecular weight excluding hydrogens is 408 g/mol. The number of para-hydroxylation sites is 2. The molecule has 2 fully saturated rings. The third-order valence-electron chi connectivity index (χ3n) is 6.03. The number of hydrogen-bond acceptors (Lipinski definition) is 4. The Morgan fingerprint density at radius 3 is 2.81 bits per heavy atom. The molecule has 7 heteroatoms. The summed E-state index contributed by atoms with van der Waals surface area (Å²) in [6.07, 6.45) is 6.43. The summed E-state index contributed by atoms with van der Waals surface area (Å²) in [5.41, 5.74) is 3.07. The average Bonchev–Trinajstić information content (AvgIpc) is 3.55. The van der Waals surface area contributed by atoms with Gasteiger partial charge < -0.3 is 24.3 Å². The number of ether oxygens (including phenoxy) is 2. The lowest BCUT2D eigenvalue weighted by Crippen LogP contribution is -2.31. The van der Waals surface area contributed by atoms with Crippen LogP contribution in [0.2, 0.25) is 0 Å². The van der Waals surface area contributed by atoms with Crippen LogP contribution in [0.1, 0.15) is 36.3 Å². The van der Waals surface area contributed by atoms with Crippen LogP contribution < -0.4 is 15.0 Å². The van der Waals surface area contributed by atoms with Crippen LogP contribution in [0.25, 0.3) is 0 Å². The SMILES string of the molecule is COc1ccccc1N1C(=S)NC(c2ccccn2)C1c1cccn1CC1CCCO1. The fourth-order valence-electron chi connectivity index (χ4n) is 4.61. The third-order valence-corrected chi connectivity index (χ3v) is 6.35. The molecule has 1 N–H and O–H groups in total. The molecule has 160 valence electrons. The zero-order valence-corrected chi connectivity index (χ0v) is 18.3. The standard InChI is InChI=1S/C24H26N4O2S/c1-29-21-12-3-2-10-19(21)28-23(22(26-24(28)31)18-9-4-5-13-25-18)20-11-6-14-27(20)16-17-8-7-15-30-17/h2-6,9-14,17,22-23H,7-8,15-16H2,1H3,(H,26,31). The number of benzene rings is 1. The largest absolute Gasteiger partial charge is 0.495 e. The van der Waals surface area contributed by atoms with Crippen LogP contribution in [0.3, 0.4) is 0 Å². The molecule has 4 heterocycles. The van der Waals surface area contributed by atoms with Gasteiger partial charge >= 0.3 is 0 Å². The number of thiocarbonyl (C=S) groups is 1. The van der Waals surface area contributed by atoms with Crippen molar-refractivity contribution in [2.45, 2.75) is 37.6 Å². The second-order valence-corrected chi connectivity index (χ2v) is 8.28. The van der Waals surface area contributed by atoms with Gasteiger partial charge in [0.25, 0.3) is 0 Å². The third kappa shape index (κ3) is 3.79. The van der Waals surface area contributed by atoms with E-state index in [9.17, 15) is 0 Å². The quantitative estimate of drug-likeness (QED) is 0.586. The Hall–Kier alpha value is -2.90. The van der Waals surface area contributed by atoms with Crippen molar-refractivity contribution in [3.8, 4) is 5.75 Å². The maximum absolute atomic E-state index is 5.92. The van der Waals surface area contributed by atoms with Crippen molar-refractivity contribution in [2.75, 3.05) is 18.6 Å². The summed E-state index contributed by atoms with van der Waals surface area (Å²) in [4.78, 5) is 6.81. The molecule has 0 spiro atoms. The first-order valence-electron chi connectivity index (χ1n) is 10.7. The molecule has 3 aromatic rings. The van der Waals surface area contributed by atoms with Crippen LogP contribution in [0.15, 0.2) is 67.0 Å². The molecule has 3 atom stereocenters. The summed E-state index contributed by atoms with van der Waals surface area (Å²) in [7, 11) is 1.69. The van der Waals surface area contributed by atoms with E-state index in [1.165, 1.54) is 5.69 Å². The number of pyridine rings is 1. The topological polar surface area (TPSA) is 51.5 Å². The van der Waals surface area contributed by atoms with E-state index in [2.05, 4.69) is 38.1 Å². The Kier molecular flexibility index (Phi) is 5.61. The average molecular weight is 435 g/mol. The lowest BCUT2D eigenvalue weighted by molar-refractivity contribution is 0.0961. The first-order chi connectivity index (χ1) is 15.3.